The summed E-state index contributed by atoms with van der Waals surface area (Å²) in [5, 5.41) is 16.6. The molecule has 2 aromatic carbocycles. The normalized spacial score (nSPS) is 10.6. The van der Waals surface area contributed by atoms with Crippen molar-refractivity contribution in [1.29, 1.82) is 0 Å². The molecule has 0 atom stereocenters. The van der Waals surface area contributed by atoms with E-state index >= 15 is 0 Å². The molecule has 0 fully saturated rings. The van der Waals surface area contributed by atoms with Crippen LogP contribution in [0.5, 0.6) is 0 Å². The SMILES string of the molecule is CCN(CC(=O)Nc1ccc(NC(C)=O)cc1)Cc1cccc([N+](=O)[O-])c1C. The van der Waals surface area contributed by atoms with Gasteiger partial charge in [0.05, 0.1) is 11.5 Å². The number of likely N-dealkylation sites (N-methyl/N-ethyl adjacent to an activating group) is 1. The Bertz CT molecular complexity index is 865. The number of hydrogen-bond donors (Lipinski definition) is 2. The van der Waals surface area contributed by atoms with E-state index in [2.05, 4.69) is 10.6 Å². The second-order valence-electron chi connectivity index (χ2n) is 6.43. The maximum atomic E-state index is 12.4. The second-order valence-corrected chi connectivity index (χ2v) is 6.43. The summed E-state index contributed by atoms with van der Waals surface area (Å²) in [7, 11) is 0. The van der Waals surface area contributed by atoms with E-state index in [-0.39, 0.29) is 24.0 Å². The number of hydrogen-bond acceptors (Lipinski definition) is 5. The van der Waals surface area contributed by atoms with Crippen LogP contribution >= 0.6 is 0 Å². The lowest BCUT2D eigenvalue weighted by atomic mass is 10.1. The first-order valence-electron chi connectivity index (χ1n) is 8.93. The summed E-state index contributed by atoms with van der Waals surface area (Å²) in [5.41, 5.74) is 2.80. The Morgan fingerprint density at radius 2 is 1.68 bits per heavy atom. The molecule has 0 bridgehead atoms. The molecule has 148 valence electrons. The predicted octanol–water partition coefficient (Wildman–Crippen LogP) is 3.32. The second kappa shape index (κ2) is 9.61. The number of nitrogens with one attached hydrogen (secondary N) is 2. The molecular weight excluding hydrogens is 360 g/mol. The molecule has 2 rings (SSSR count). The monoisotopic (exact) mass is 384 g/mol. The van der Waals surface area contributed by atoms with Crippen molar-refractivity contribution in [2.45, 2.75) is 27.3 Å². The fourth-order valence-electron chi connectivity index (χ4n) is 2.80. The van der Waals surface area contributed by atoms with Crippen LogP contribution in [0, 0.1) is 17.0 Å². The van der Waals surface area contributed by atoms with Gasteiger partial charge in [0, 0.05) is 36.5 Å². The van der Waals surface area contributed by atoms with Crippen LogP contribution in [0.3, 0.4) is 0 Å². The van der Waals surface area contributed by atoms with E-state index in [1.807, 2.05) is 17.9 Å². The fraction of sp³-hybridized carbons (Fsp3) is 0.300. The Labute approximate surface area is 163 Å². The van der Waals surface area contributed by atoms with Crippen molar-refractivity contribution < 1.29 is 14.5 Å². The zero-order valence-electron chi connectivity index (χ0n) is 16.2. The average molecular weight is 384 g/mol. The average Bonchev–Trinajstić information content (AvgIpc) is 2.63. The summed E-state index contributed by atoms with van der Waals surface area (Å²) in [5.74, 6) is -0.343. The summed E-state index contributed by atoms with van der Waals surface area (Å²) < 4.78 is 0. The van der Waals surface area contributed by atoms with Crippen molar-refractivity contribution in [2.75, 3.05) is 23.7 Å². The van der Waals surface area contributed by atoms with Crippen LogP contribution in [0.25, 0.3) is 0 Å². The first-order chi connectivity index (χ1) is 13.3. The smallest absolute Gasteiger partial charge is 0.272 e. The van der Waals surface area contributed by atoms with Gasteiger partial charge in [0.25, 0.3) is 5.69 Å². The van der Waals surface area contributed by atoms with E-state index in [9.17, 15) is 19.7 Å². The van der Waals surface area contributed by atoms with E-state index in [1.165, 1.54) is 13.0 Å². The summed E-state index contributed by atoms with van der Waals surface area (Å²) in [6.45, 7) is 6.31. The Morgan fingerprint density at radius 1 is 1.07 bits per heavy atom. The van der Waals surface area contributed by atoms with Gasteiger partial charge in [0.2, 0.25) is 11.8 Å². The molecule has 0 saturated heterocycles. The van der Waals surface area contributed by atoms with Crippen molar-refractivity contribution >= 4 is 28.9 Å². The van der Waals surface area contributed by atoms with Gasteiger partial charge in [-0.3, -0.25) is 24.6 Å². The molecule has 8 nitrogen and oxygen atoms in total. The van der Waals surface area contributed by atoms with Crippen LogP contribution in [-0.2, 0) is 16.1 Å². The van der Waals surface area contributed by atoms with Crippen LogP contribution in [0.1, 0.15) is 25.0 Å². The Hall–Kier alpha value is -3.26. The summed E-state index contributed by atoms with van der Waals surface area (Å²) in [6, 6.07) is 11.8. The summed E-state index contributed by atoms with van der Waals surface area (Å²) >= 11 is 0. The van der Waals surface area contributed by atoms with Gasteiger partial charge in [-0.15, -0.1) is 0 Å². The van der Waals surface area contributed by atoms with E-state index in [4.69, 9.17) is 0 Å². The maximum Gasteiger partial charge on any atom is 0.272 e. The van der Waals surface area contributed by atoms with Crippen molar-refractivity contribution in [2.24, 2.45) is 0 Å². The largest absolute Gasteiger partial charge is 0.326 e. The zero-order chi connectivity index (χ0) is 20.7. The number of anilines is 2. The van der Waals surface area contributed by atoms with E-state index in [0.717, 1.165) is 5.56 Å². The molecule has 8 heteroatoms. The molecule has 0 aromatic heterocycles. The molecule has 28 heavy (non-hydrogen) atoms. The summed E-state index contributed by atoms with van der Waals surface area (Å²) in [4.78, 5) is 36.0. The standard InChI is InChI=1S/C20H24N4O4/c1-4-23(12-16-6-5-7-19(14(16)2)24(27)28)13-20(26)22-18-10-8-17(9-11-18)21-15(3)25/h5-11H,4,12-13H2,1-3H3,(H,21,25)(H,22,26). The molecule has 0 spiro atoms. The van der Waals surface area contributed by atoms with Crippen molar-refractivity contribution in [3.8, 4) is 0 Å². The third-order valence-corrected chi connectivity index (χ3v) is 4.31. The lowest BCUT2D eigenvalue weighted by Gasteiger charge is -2.21. The molecule has 2 N–H and O–H groups in total. The van der Waals surface area contributed by atoms with Gasteiger partial charge in [0.15, 0.2) is 0 Å². The van der Waals surface area contributed by atoms with Gasteiger partial charge in [-0.1, -0.05) is 19.1 Å². The van der Waals surface area contributed by atoms with Crippen molar-refractivity contribution in [1.82, 2.24) is 4.90 Å². The van der Waals surface area contributed by atoms with Crippen molar-refractivity contribution in [3.63, 3.8) is 0 Å². The number of amides is 2. The molecule has 2 aromatic rings. The first-order valence-corrected chi connectivity index (χ1v) is 8.93. The maximum absolute atomic E-state index is 12.4. The number of nitro groups is 1. The Balaban J connectivity index is 1.99. The van der Waals surface area contributed by atoms with Crippen LogP contribution < -0.4 is 10.6 Å². The molecular formula is C20H24N4O4. The molecule has 0 aliphatic heterocycles. The zero-order valence-corrected chi connectivity index (χ0v) is 16.2. The van der Waals surface area contributed by atoms with Crippen LogP contribution in [0.15, 0.2) is 42.5 Å². The number of nitro benzene ring substituents is 1. The van der Waals surface area contributed by atoms with Crippen LogP contribution in [-0.4, -0.2) is 34.7 Å². The molecule has 2 amide bonds. The minimum absolute atomic E-state index is 0.0808. The van der Waals surface area contributed by atoms with Gasteiger partial charge in [-0.2, -0.15) is 0 Å². The topological polar surface area (TPSA) is 105 Å². The third-order valence-electron chi connectivity index (χ3n) is 4.31. The number of benzene rings is 2. The quantitative estimate of drug-likeness (QED) is 0.537. The first kappa shape index (κ1) is 21.0. The number of nitrogens with zero attached hydrogens (tertiary/aromatic N) is 2. The third kappa shape index (κ3) is 5.88. The van der Waals surface area contributed by atoms with Gasteiger partial charge in [-0.05, 0) is 43.3 Å². The minimum Gasteiger partial charge on any atom is -0.326 e. The number of carbonyl (C=O) groups excluding carboxylic acids is 2. The lowest BCUT2D eigenvalue weighted by molar-refractivity contribution is -0.385. The fourth-order valence-corrected chi connectivity index (χ4v) is 2.80. The Morgan fingerprint density at radius 3 is 2.21 bits per heavy atom. The van der Waals surface area contributed by atoms with Gasteiger partial charge < -0.3 is 10.6 Å². The number of carbonyl (C=O) groups is 2. The molecule has 0 heterocycles. The van der Waals surface area contributed by atoms with E-state index < -0.39 is 4.92 Å². The highest BCUT2D eigenvalue weighted by Crippen LogP contribution is 2.22. The molecule has 0 radical (unpaired) electrons. The molecule has 0 aliphatic rings. The minimum atomic E-state index is -0.396. The van der Waals surface area contributed by atoms with Crippen LogP contribution in [0.4, 0.5) is 17.1 Å². The molecule has 0 aliphatic carbocycles. The predicted molar refractivity (Wildman–Crippen MR) is 108 cm³/mol. The van der Waals surface area contributed by atoms with Gasteiger partial charge >= 0.3 is 0 Å². The summed E-state index contributed by atoms with van der Waals surface area (Å²) in [6.07, 6.45) is 0. The van der Waals surface area contributed by atoms with Gasteiger partial charge in [0.1, 0.15) is 0 Å². The molecule has 0 unspecified atom stereocenters. The molecule has 0 saturated carbocycles. The van der Waals surface area contributed by atoms with Crippen LogP contribution in [0.2, 0.25) is 0 Å². The highest BCUT2D eigenvalue weighted by Gasteiger charge is 2.16. The van der Waals surface area contributed by atoms with E-state index in [1.54, 1.807) is 37.3 Å². The highest BCUT2D eigenvalue weighted by molar-refractivity contribution is 5.93. The van der Waals surface area contributed by atoms with Gasteiger partial charge in [-0.25, -0.2) is 0 Å². The Kier molecular flexibility index (Phi) is 7.22. The van der Waals surface area contributed by atoms with E-state index in [0.29, 0.717) is 30.0 Å². The van der Waals surface area contributed by atoms with Crippen molar-refractivity contribution in [3.05, 3.63) is 63.7 Å². The highest BCUT2D eigenvalue weighted by atomic mass is 16.6. The number of rotatable bonds is 8. The lowest BCUT2D eigenvalue weighted by Crippen LogP contribution is -2.33.